The molecule has 0 aromatic carbocycles. The lowest BCUT2D eigenvalue weighted by atomic mass is 9.96. The fourth-order valence-electron chi connectivity index (χ4n) is 1.11. The van der Waals surface area contributed by atoms with Gasteiger partial charge in [-0.15, -0.1) is 0 Å². The van der Waals surface area contributed by atoms with Crippen LogP contribution in [0.2, 0.25) is 0 Å². The summed E-state index contributed by atoms with van der Waals surface area (Å²) in [7, 11) is 0. The van der Waals surface area contributed by atoms with Gasteiger partial charge in [0.1, 0.15) is 0 Å². The number of carbonyl (C=O) groups is 5. The maximum absolute atomic E-state index is 11.2. The second-order valence-corrected chi connectivity index (χ2v) is 3.81. The SMILES string of the molecule is CCOC(=O)CC(O)(CC(=O)OC(=O)C(C)=O)C(=O)O. The van der Waals surface area contributed by atoms with Gasteiger partial charge < -0.3 is 19.7 Å². The highest BCUT2D eigenvalue weighted by molar-refractivity contribution is 6.34. The quantitative estimate of drug-likeness (QED) is 0.335. The number of hydrogen-bond acceptors (Lipinski definition) is 8. The van der Waals surface area contributed by atoms with Gasteiger partial charge in [-0.3, -0.25) is 14.4 Å². The Morgan fingerprint density at radius 1 is 1.05 bits per heavy atom. The monoisotopic (exact) mass is 290 g/mol. The van der Waals surface area contributed by atoms with Crippen LogP contribution in [-0.2, 0) is 33.4 Å². The first-order valence-electron chi connectivity index (χ1n) is 5.49. The normalized spacial score (nSPS) is 12.9. The van der Waals surface area contributed by atoms with E-state index in [0.717, 1.165) is 6.92 Å². The van der Waals surface area contributed by atoms with Crippen molar-refractivity contribution in [1.82, 2.24) is 0 Å². The Bertz CT molecular complexity index is 439. The number of aliphatic hydroxyl groups is 1. The molecule has 0 fully saturated rings. The highest BCUT2D eigenvalue weighted by Crippen LogP contribution is 2.18. The van der Waals surface area contributed by atoms with Crippen LogP contribution in [0.4, 0.5) is 0 Å². The summed E-state index contributed by atoms with van der Waals surface area (Å²) < 4.78 is 8.45. The van der Waals surface area contributed by atoms with Crippen molar-refractivity contribution in [1.29, 1.82) is 0 Å². The van der Waals surface area contributed by atoms with Gasteiger partial charge in [0.15, 0.2) is 5.60 Å². The fourth-order valence-corrected chi connectivity index (χ4v) is 1.11. The van der Waals surface area contributed by atoms with E-state index in [4.69, 9.17) is 5.11 Å². The van der Waals surface area contributed by atoms with Crippen LogP contribution in [-0.4, -0.2) is 52.1 Å². The summed E-state index contributed by atoms with van der Waals surface area (Å²) in [6.07, 6.45) is -2.18. The number of Topliss-reactive ketones (excluding diaryl/α,β-unsaturated/α-hetero) is 1. The van der Waals surface area contributed by atoms with E-state index in [2.05, 4.69) is 9.47 Å². The molecule has 2 N–H and O–H groups in total. The molecule has 0 bridgehead atoms. The van der Waals surface area contributed by atoms with Gasteiger partial charge in [0, 0.05) is 6.92 Å². The van der Waals surface area contributed by atoms with Gasteiger partial charge in [0.25, 0.3) is 0 Å². The summed E-state index contributed by atoms with van der Waals surface area (Å²) in [5.41, 5.74) is -2.78. The van der Waals surface area contributed by atoms with Crippen LogP contribution in [0.3, 0.4) is 0 Å². The van der Waals surface area contributed by atoms with Gasteiger partial charge in [-0.1, -0.05) is 0 Å². The lowest BCUT2D eigenvalue weighted by molar-refractivity contribution is -0.176. The molecule has 1 atom stereocenters. The van der Waals surface area contributed by atoms with Crippen molar-refractivity contribution in [2.75, 3.05) is 6.61 Å². The summed E-state index contributed by atoms with van der Waals surface area (Å²) in [5, 5.41) is 18.5. The van der Waals surface area contributed by atoms with Gasteiger partial charge in [0.2, 0.25) is 5.78 Å². The molecule has 0 spiro atoms. The van der Waals surface area contributed by atoms with Crippen molar-refractivity contribution >= 4 is 29.7 Å². The molecule has 0 saturated carbocycles. The van der Waals surface area contributed by atoms with E-state index in [1.807, 2.05) is 0 Å². The maximum atomic E-state index is 11.2. The molecular formula is C11H14O9. The number of esters is 3. The lowest BCUT2D eigenvalue weighted by Crippen LogP contribution is -2.44. The largest absolute Gasteiger partial charge is 0.479 e. The number of hydrogen-bond donors (Lipinski definition) is 2. The zero-order chi connectivity index (χ0) is 15.9. The third-order valence-corrected chi connectivity index (χ3v) is 2.07. The molecular weight excluding hydrogens is 276 g/mol. The molecule has 0 amide bonds. The molecule has 20 heavy (non-hydrogen) atoms. The van der Waals surface area contributed by atoms with Crippen LogP contribution in [0.25, 0.3) is 0 Å². The second-order valence-electron chi connectivity index (χ2n) is 3.81. The third-order valence-electron chi connectivity index (χ3n) is 2.07. The van der Waals surface area contributed by atoms with Crippen molar-refractivity contribution in [3.05, 3.63) is 0 Å². The number of carboxylic acid groups (broad SMARTS) is 1. The second kappa shape index (κ2) is 7.34. The van der Waals surface area contributed by atoms with E-state index in [1.165, 1.54) is 6.92 Å². The molecule has 0 aliphatic carbocycles. The predicted octanol–water partition coefficient (Wildman–Crippen LogP) is -1.20. The van der Waals surface area contributed by atoms with Crippen molar-refractivity contribution in [2.45, 2.75) is 32.3 Å². The molecule has 1 unspecified atom stereocenters. The molecule has 9 nitrogen and oxygen atoms in total. The Morgan fingerprint density at radius 2 is 1.55 bits per heavy atom. The molecule has 0 saturated heterocycles. The van der Waals surface area contributed by atoms with Crippen molar-refractivity contribution in [2.24, 2.45) is 0 Å². The van der Waals surface area contributed by atoms with Crippen molar-refractivity contribution in [3.63, 3.8) is 0 Å². The minimum atomic E-state index is -2.78. The summed E-state index contributed by atoms with van der Waals surface area (Å²) in [6, 6.07) is 0. The summed E-state index contributed by atoms with van der Waals surface area (Å²) >= 11 is 0. The predicted molar refractivity (Wildman–Crippen MR) is 60.2 cm³/mol. The Morgan fingerprint density at radius 3 is 1.95 bits per heavy atom. The number of carbonyl (C=O) groups excluding carboxylic acids is 4. The van der Waals surface area contributed by atoms with Crippen LogP contribution < -0.4 is 0 Å². The van der Waals surface area contributed by atoms with Crippen LogP contribution >= 0.6 is 0 Å². The van der Waals surface area contributed by atoms with Gasteiger partial charge in [-0.25, -0.2) is 9.59 Å². The van der Waals surface area contributed by atoms with E-state index in [1.54, 1.807) is 0 Å². The van der Waals surface area contributed by atoms with E-state index in [9.17, 15) is 29.1 Å². The average Bonchev–Trinajstić information content (AvgIpc) is 2.27. The van der Waals surface area contributed by atoms with Crippen LogP contribution in [0.5, 0.6) is 0 Å². The van der Waals surface area contributed by atoms with Gasteiger partial charge in [-0.2, -0.15) is 0 Å². The fraction of sp³-hybridized carbons (Fsp3) is 0.545. The standard InChI is InChI=1S/C11H14O9/c1-3-19-7(13)4-11(18,10(16)17)5-8(14)20-9(15)6(2)12/h18H,3-5H2,1-2H3,(H,16,17). The highest BCUT2D eigenvalue weighted by atomic mass is 16.6. The van der Waals surface area contributed by atoms with E-state index in [0.29, 0.717) is 0 Å². The first-order valence-corrected chi connectivity index (χ1v) is 5.49. The van der Waals surface area contributed by atoms with Gasteiger partial charge >= 0.3 is 23.9 Å². The summed E-state index contributed by atoms with van der Waals surface area (Å²) in [5.74, 6) is -6.90. The topological polar surface area (TPSA) is 144 Å². The molecule has 0 heterocycles. The van der Waals surface area contributed by atoms with Crippen LogP contribution in [0, 0.1) is 0 Å². The van der Waals surface area contributed by atoms with Gasteiger partial charge in [0.05, 0.1) is 19.4 Å². The van der Waals surface area contributed by atoms with Gasteiger partial charge in [-0.05, 0) is 6.92 Å². The molecule has 0 aliphatic heterocycles. The minimum absolute atomic E-state index is 0.0399. The van der Waals surface area contributed by atoms with Crippen molar-refractivity contribution in [3.8, 4) is 0 Å². The zero-order valence-corrected chi connectivity index (χ0v) is 10.9. The first kappa shape index (κ1) is 17.7. The molecule has 0 radical (unpaired) electrons. The van der Waals surface area contributed by atoms with E-state index in [-0.39, 0.29) is 6.61 Å². The van der Waals surface area contributed by atoms with E-state index >= 15 is 0 Å². The maximum Gasteiger partial charge on any atom is 0.381 e. The van der Waals surface area contributed by atoms with E-state index < -0.39 is 48.1 Å². The Kier molecular flexibility index (Phi) is 6.50. The molecule has 112 valence electrons. The molecule has 0 aliphatic rings. The Labute approximate surface area is 113 Å². The summed E-state index contributed by atoms with van der Waals surface area (Å²) in [6.45, 7) is 2.27. The summed E-state index contributed by atoms with van der Waals surface area (Å²) in [4.78, 5) is 54.7. The highest BCUT2D eigenvalue weighted by Gasteiger charge is 2.42. The zero-order valence-electron chi connectivity index (χ0n) is 10.9. The third kappa shape index (κ3) is 5.57. The number of ketones is 1. The molecule has 0 aromatic heterocycles. The number of carboxylic acids is 1. The van der Waals surface area contributed by atoms with Crippen LogP contribution in [0.15, 0.2) is 0 Å². The average molecular weight is 290 g/mol. The number of aliphatic carboxylic acids is 1. The number of rotatable bonds is 7. The first-order chi connectivity index (χ1) is 9.12. The van der Waals surface area contributed by atoms with Crippen LogP contribution in [0.1, 0.15) is 26.7 Å². The Balaban J connectivity index is 4.80. The lowest BCUT2D eigenvalue weighted by Gasteiger charge is -2.20. The Hall–Kier alpha value is -2.29. The van der Waals surface area contributed by atoms with Crippen molar-refractivity contribution < 1.29 is 43.7 Å². The smallest absolute Gasteiger partial charge is 0.381 e. The molecule has 0 rings (SSSR count). The minimum Gasteiger partial charge on any atom is -0.479 e. The molecule has 9 heteroatoms. The number of ether oxygens (including phenoxy) is 2. The molecule has 0 aromatic rings.